The van der Waals surface area contributed by atoms with Crippen molar-refractivity contribution in [3.8, 4) is 0 Å². The molecule has 0 fully saturated rings. The first-order valence-corrected chi connectivity index (χ1v) is 13.4. The van der Waals surface area contributed by atoms with Gasteiger partial charge in [-0.25, -0.2) is 12.8 Å². The Hall–Kier alpha value is -3.46. The zero-order valence-electron chi connectivity index (χ0n) is 21.2. The third-order valence-electron chi connectivity index (χ3n) is 5.65. The predicted molar refractivity (Wildman–Crippen MR) is 140 cm³/mol. The highest BCUT2D eigenvalue weighted by Gasteiger charge is 2.31. The van der Waals surface area contributed by atoms with Gasteiger partial charge in [-0.2, -0.15) is 0 Å². The van der Waals surface area contributed by atoms with Crippen molar-refractivity contribution < 1.29 is 22.4 Å². The van der Waals surface area contributed by atoms with E-state index >= 15 is 0 Å². The summed E-state index contributed by atoms with van der Waals surface area (Å²) in [6, 6.07) is 17.3. The number of hydrogen-bond donors (Lipinski definition) is 1. The molecule has 3 aromatic carbocycles. The molecule has 7 nitrogen and oxygen atoms in total. The minimum atomic E-state index is -3.86. The Kier molecular flexibility index (Phi) is 8.03. The highest BCUT2D eigenvalue weighted by atomic mass is 32.2. The Morgan fingerprint density at radius 2 is 1.58 bits per heavy atom. The van der Waals surface area contributed by atoms with E-state index in [0.717, 1.165) is 15.9 Å². The minimum absolute atomic E-state index is 0.00494. The SMILES string of the molecule is C[C@H](C(=O)NC(C)(C)C)N(Cc1ccc(F)cc1)C(=O)CN(c1cccc2ccccc12)S(C)(=O)=O. The number of rotatable bonds is 8. The van der Waals surface area contributed by atoms with E-state index in [1.54, 1.807) is 31.2 Å². The van der Waals surface area contributed by atoms with Gasteiger partial charge in [-0.3, -0.25) is 13.9 Å². The third kappa shape index (κ3) is 6.81. The first-order valence-electron chi connectivity index (χ1n) is 11.6. The number of amides is 2. The van der Waals surface area contributed by atoms with Gasteiger partial charge in [0, 0.05) is 17.5 Å². The fourth-order valence-corrected chi connectivity index (χ4v) is 4.73. The van der Waals surface area contributed by atoms with Gasteiger partial charge in [0.25, 0.3) is 0 Å². The molecule has 0 saturated carbocycles. The molecular weight excluding hydrogens is 481 g/mol. The van der Waals surface area contributed by atoms with Crippen LogP contribution in [0.15, 0.2) is 66.7 Å². The second-order valence-electron chi connectivity index (χ2n) is 9.83. The van der Waals surface area contributed by atoms with Crippen LogP contribution in [0, 0.1) is 5.82 Å². The van der Waals surface area contributed by atoms with Crippen LogP contribution in [0.4, 0.5) is 10.1 Å². The molecule has 0 radical (unpaired) electrons. The van der Waals surface area contributed by atoms with E-state index in [9.17, 15) is 22.4 Å². The second kappa shape index (κ2) is 10.7. The first kappa shape index (κ1) is 27.1. The lowest BCUT2D eigenvalue weighted by atomic mass is 10.1. The first-order chi connectivity index (χ1) is 16.8. The van der Waals surface area contributed by atoms with Gasteiger partial charge in [0.2, 0.25) is 21.8 Å². The topological polar surface area (TPSA) is 86.8 Å². The van der Waals surface area contributed by atoms with Crippen LogP contribution in [-0.4, -0.2) is 49.5 Å². The summed E-state index contributed by atoms with van der Waals surface area (Å²) in [7, 11) is -3.86. The van der Waals surface area contributed by atoms with E-state index in [1.807, 2.05) is 39.0 Å². The van der Waals surface area contributed by atoms with E-state index in [1.165, 1.54) is 29.2 Å². The molecule has 0 aromatic heterocycles. The number of halogens is 1. The van der Waals surface area contributed by atoms with Gasteiger partial charge in [0.15, 0.2) is 0 Å². The Labute approximate surface area is 212 Å². The molecule has 0 spiro atoms. The summed E-state index contributed by atoms with van der Waals surface area (Å²) in [5.74, 6) is -1.36. The number of fused-ring (bicyclic) bond motifs is 1. The van der Waals surface area contributed by atoms with Crippen LogP contribution in [0.1, 0.15) is 33.3 Å². The Morgan fingerprint density at radius 3 is 2.19 bits per heavy atom. The lowest BCUT2D eigenvalue weighted by Gasteiger charge is -2.33. The van der Waals surface area contributed by atoms with Crippen LogP contribution in [-0.2, 0) is 26.2 Å². The molecule has 0 saturated heterocycles. The fourth-order valence-electron chi connectivity index (χ4n) is 3.86. The van der Waals surface area contributed by atoms with Crippen LogP contribution >= 0.6 is 0 Å². The standard InChI is InChI=1S/C27H32FN3O4S/c1-19(26(33)29-27(2,3)4)30(17-20-13-15-22(28)16-14-20)25(32)18-31(36(5,34)35)24-12-8-10-21-9-6-7-11-23(21)24/h6-16,19H,17-18H2,1-5H3,(H,29,33)/t19-/m1/s1. The number of nitrogens with one attached hydrogen (secondary N) is 1. The maximum atomic E-state index is 13.7. The zero-order valence-corrected chi connectivity index (χ0v) is 22.0. The maximum absolute atomic E-state index is 13.7. The summed E-state index contributed by atoms with van der Waals surface area (Å²) in [4.78, 5) is 28.0. The van der Waals surface area contributed by atoms with Crippen LogP contribution in [0.3, 0.4) is 0 Å². The van der Waals surface area contributed by atoms with Gasteiger partial charge in [0.1, 0.15) is 18.4 Å². The van der Waals surface area contributed by atoms with Crippen LogP contribution in [0.25, 0.3) is 10.8 Å². The van der Waals surface area contributed by atoms with E-state index < -0.39 is 39.9 Å². The van der Waals surface area contributed by atoms with E-state index in [4.69, 9.17) is 0 Å². The van der Waals surface area contributed by atoms with Crippen molar-refractivity contribution in [3.63, 3.8) is 0 Å². The minimum Gasteiger partial charge on any atom is -0.350 e. The summed E-state index contributed by atoms with van der Waals surface area (Å²) in [5.41, 5.74) is 0.450. The van der Waals surface area contributed by atoms with Gasteiger partial charge >= 0.3 is 0 Å². The van der Waals surface area contributed by atoms with Gasteiger partial charge in [-0.15, -0.1) is 0 Å². The van der Waals surface area contributed by atoms with Crippen molar-refractivity contribution in [2.45, 2.75) is 45.8 Å². The highest BCUT2D eigenvalue weighted by molar-refractivity contribution is 7.92. The van der Waals surface area contributed by atoms with Crippen molar-refractivity contribution in [3.05, 3.63) is 78.1 Å². The molecule has 1 atom stereocenters. The Bertz CT molecular complexity index is 1350. The average Bonchev–Trinajstić information content (AvgIpc) is 2.79. The van der Waals surface area contributed by atoms with Crippen molar-refractivity contribution in [1.82, 2.24) is 10.2 Å². The monoisotopic (exact) mass is 513 g/mol. The Morgan fingerprint density at radius 1 is 0.972 bits per heavy atom. The molecule has 3 rings (SSSR count). The smallest absolute Gasteiger partial charge is 0.244 e. The van der Waals surface area contributed by atoms with E-state index in [-0.39, 0.29) is 12.5 Å². The normalized spacial score (nSPS) is 12.7. The van der Waals surface area contributed by atoms with E-state index in [0.29, 0.717) is 16.6 Å². The number of benzene rings is 3. The molecule has 0 aliphatic heterocycles. The number of nitrogens with zero attached hydrogens (tertiary/aromatic N) is 2. The zero-order chi connectivity index (χ0) is 26.7. The molecule has 0 bridgehead atoms. The van der Waals surface area contributed by atoms with Crippen molar-refractivity contribution in [1.29, 1.82) is 0 Å². The van der Waals surface area contributed by atoms with Crippen LogP contribution in [0.2, 0.25) is 0 Å². The second-order valence-corrected chi connectivity index (χ2v) is 11.7. The van der Waals surface area contributed by atoms with Crippen molar-refractivity contribution in [2.24, 2.45) is 0 Å². The van der Waals surface area contributed by atoms with Gasteiger partial charge < -0.3 is 10.2 Å². The molecule has 1 N–H and O–H groups in total. The summed E-state index contributed by atoms with van der Waals surface area (Å²) < 4.78 is 40.2. The number of hydrogen-bond acceptors (Lipinski definition) is 4. The maximum Gasteiger partial charge on any atom is 0.244 e. The number of anilines is 1. The molecule has 192 valence electrons. The highest BCUT2D eigenvalue weighted by Crippen LogP contribution is 2.28. The molecular formula is C27H32FN3O4S. The van der Waals surface area contributed by atoms with Gasteiger partial charge in [-0.05, 0) is 56.8 Å². The molecule has 0 heterocycles. The Balaban J connectivity index is 1.99. The average molecular weight is 514 g/mol. The lowest BCUT2D eigenvalue weighted by Crippen LogP contribution is -2.54. The van der Waals surface area contributed by atoms with Gasteiger partial charge in [0.05, 0.1) is 11.9 Å². The molecule has 0 aliphatic carbocycles. The number of sulfonamides is 1. The van der Waals surface area contributed by atoms with Crippen molar-refractivity contribution >= 4 is 38.3 Å². The van der Waals surface area contributed by atoms with Crippen LogP contribution < -0.4 is 9.62 Å². The summed E-state index contributed by atoms with van der Waals surface area (Å²) in [5, 5.41) is 4.38. The fraction of sp³-hybridized carbons (Fsp3) is 0.333. The quantitative estimate of drug-likeness (QED) is 0.492. The predicted octanol–water partition coefficient (Wildman–Crippen LogP) is 4.08. The third-order valence-corrected chi connectivity index (χ3v) is 6.77. The molecule has 0 aliphatic rings. The van der Waals surface area contributed by atoms with Gasteiger partial charge in [-0.1, -0.05) is 48.5 Å². The summed E-state index contributed by atoms with van der Waals surface area (Å²) in [6.45, 7) is 6.58. The van der Waals surface area contributed by atoms with E-state index in [2.05, 4.69) is 5.32 Å². The van der Waals surface area contributed by atoms with Crippen LogP contribution in [0.5, 0.6) is 0 Å². The molecule has 9 heteroatoms. The summed E-state index contributed by atoms with van der Waals surface area (Å²) in [6.07, 6.45) is 1.04. The number of carbonyl (C=O) groups excluding carboxylic acids is 2. The molecule has 3 aromatic rings. The largest absolute Gasteiger partial charge is 0.350 e. The molecule has 36 heavy (non-hydrogen) atoms. The number of carbonyl (C=O) groups is 2. The van der Waals surface area contributed by atoms with Crippen molar-refractivity contribution in [2.75, 3.05) is 17.1 Å². The lowest BCUT2D eigenvalue weighted by molar-refractivity contribution is -0.140. The summed E-state index contributed by atoms with van der Waals surface area (Å²) >= 11 is 0. The molecule has 0 unspecified atom stereocenters. The molecule has 2 amide bonds.